The largest absolute Gasteiger partial charge is 0.328 e. The fraction of sp³-hybridized carbons (Fsp3) is 1.00. The normalized spacial score (nSPS) is 48.0. The lowest BCUT2D eigenvalue weighted by Gasteiger charge is -2.33. The van der Waals surface area contributed by atoms with Crippen LogP contribution in [0, 0.1) is 23.7 Å². The molecule has 0 aromatic rings. The molecule has 4 N–H and O–H groups in total. The lowest BCUT2D eigenvalue weighted by Crippen LogP contribution is -2.39. The first kappa shape index (κ1) is 9.47. The molecule has 13 heavy (non-hydrogen) atoms. The molecule has 0 aromatic heterocycles. The number of fused-ring (bicyclic) bond motifs is 2. The molecule has 0 saturated heterocycles. The van der Waals surface area contributed by atoms with E-state index in [1.165, 1.54) is 19.3 Å². The summed E-state index contributed by atoms with van der Waals surface area (Å²) in [5.74, 6) is 3.30. The van der Waals surface area contributed by atoms with Gasteiger partial charge < -0.3 is 11.5 Å². The van der Waals surface area contributed by atoms with E-state index in [0.29, 0.717) is 12.1 Å². The van der Waals surface area contributed by atoms with Crippen LogP contribution in [-0.2, 0) is 0 Å². The molecule has 2 nitrogen and oxygen atoms in total. The molecule has 0 radical (unpaired) electrons. The van der Waals surface area contributed by atoms with Crippen LogP contribution in [-0.4, -0.2) is 12.1 Å². The Kier molecular flexibility index (Phi) is 2.37. The topological polar surface area (TPSA) is 52.0 Å². The predicted molar refractivity (Wildman–Crippen MR) is 55.1 cm³/mol. The maximum atomic E-state index is 6.01. The van der Waals surface area contributed by atoms with Crippen molar-refractivity contribution in [2.45, 2.75) is 45.2 Å². The average molecular weight is 182 g/mol. The molecular formula is C11H22N2. The molecule has 0 heterocycles. The van der Waals surface area contributed by atoms with Gasteiger partial charge in [-0.1, -0.05) is 0 Å². The molecule has 0 aliphatic heterocycles. The number of hydrogen-bond donors (Lipinski definition) is 2. The van der Waals surface area contributed by atoms with Crippen molar-refractivity contribution in [2.75, 3.05) is 0 Å². The molecule has 0 aromatic carbocycles. The Hall–Kier alpha value is -0.0800. The molecule has 2 fully saturated rings. The van der Waals surface area contributed by atoms with Crippen LogP contribution < -0.4 is 11.5 Å². The van der Waals surface area contributed by atoms with Gasteiger partial charge >= 0.3 is 0 Å². The molecule has 0 spiro atoms. The SMILES string of the molecule is CC(N)C1CC2CC(C(C)N)C1C2. The smallest absolute Gasteiger partial charge is 0.00416 e. The van der Waals surface area contributed by atoms with Gasteiger partial charge in [0.25, 0.3) is 0 Å². The zero-order valence-corrected chi connectivity index (χ0v) is 8.74. The third-order valence-corrected chi connectivity index (χ3v) is 4.27. The maximum absolute atomic E-state index is 6.01. The van der Waals surface area contributed by atoms with E-state index in [2.05, 4.69) is 13.8 Å². The number of nitrogens with two attached hydrogens (primary N) is 2. The van der Waals surface area contributed by atoms with Gasteiger partial charge in [-0.3, -0.25) is 0 Å². The minimum Gasteiger partial charge on any atom is -0.328 e. The minimum absolute atomic E-state index is 0.372. The first-order valence-electron chi connectivity index (χ1n) is 5.60. The number of hydrogen-bond acceptors (Lipinski definition) is 2. The highest BCUT2D eigenvalue weighted by atomic mass is 14.7. The van der Waals surface area contributed by atoms with E-state index < -0.39 is 0 Å². The molecule has 2 aliphatic rings. The zero-order valence-electron chi connectivity index (χ0n) is 8.74. The third kappa shape index (κ3) is 1.50. The van der Waals surface area contributed by atoms with Gasteiger partial charge in [-0.15, -0.1) is 0 Å². The summed E-state index contributed by atoms with van der Waals surface area (Å²) in [4.78, 5) is 0. The summed E-state index contributed by atoms with van der Waals surface area (Å²) >= 11 is 0. The van der Waals surface area contributed by atoms with Gasteiger partial charge in [-0.05, 0) is 56.8 Å². The van der Waals surface area contributed by atoms with Gasteiger partial charge in [0.1, 0.15) is 0 Å². The first-order chi connectivity index (χ1) is 6.09. The van der Waals surface area contributed by atoms with Crippen molar-refractivity contribution in [3.63, 3.8) is 0 Å². The lowest BCUT2D eigenvalue weighted by atomic mass is 9.75. The summed E-state index contributed by atoms with van der Waals surface area (Å²) in [5.41, 5.74) is 12.0. The summed E-state index contributed by atoms with van der Waals surface area (Å²) < 4.78 is 0. The van der Waals surface area contributed by atoms with Crippen molar-refractivity contribution in [1.29, 1.82) is 0 Å². The minimum atomic E-state index is 0.372. The van der Waals surface area contributed by atoms with Crippen LogP contribution in [0.5, 0.6) is 0 Å². The van der Waals surface area contributed by atoms with E-state index in [1.807, 2.05) is 0 Å². The maximum Gasteiger partial charge on any atom is 0.00416 e. The van der Waals surface area contributed by atoms with Crippen molar-refractivity contribution >= 4 is 0 Å². The summed E-state index contributed by atoms with van der Waals surface area (Å²) in [7, 11) is 0. The first-order valence-corrected chi connectivity index (χ1v) is 5.60. The van der Waals surface area contributed by atoms with E-state index in [1.54, 1.807) is 0 Å². The second-order valence-electron chi connectivity index (χ2n) is 5.28. The standard InChI is InChI=1S/C11H22N2/c1-6(12)9-3-8-4-10(7(2)13)11(9)5-8/h6-11H,3-5,12-13H2,1-2H3. The molecule has 2 rings (SSSR count). The Bertz CT molecular complexity index is 171. The fourth-order valence-electron chi connectivity index (χ4n) is 3.67. The van der Waals surface area contributed by atoms with Crippen LogP contribution in [0.2, 0.25) is 0 Å². The van der Waals surface area contributed by atoms with E-state index in [-0.39, 0.29) is 0 Å². The molecule has 4 unspecified atom stereocenters. The van der Waals surface area contributed by atoms with Crippen LogP contribution in [0.1, 0.15) is 33.1 Å². The van der Waals surface area contributed by atoms with Crippen LogP contribution in [0.3, 0.4) is 0 Å². The van der Waals surface area contributed by atoms with E-state index in [9.17, 15) is 0 Å². The van der Waals surface area contributed by atoms with Gasteiger partial charge in [-0.2, -0.15) is 0 Å². The Morgan fingerprint density at radius 3 is 1.69 bits per heavy atom. The zero-order chi connectivity index (χ0) is 9.59. The summed E-state index contributed by atoms with van der Waals surface area (Å²) in [6.45, 7) is 4.31. The molecule has 2 bridgehead atoms. The molecule has 2 heteroatoms. The van der Waals surface area contributed by atoms with Crippen molar-refractivity contribution < 1.29 is 0 Å². The van der Waals surface area contributed by atoms with E-state index in [4.69, 9.17) is 11.5 Å². The Balaban J connectivity index is 2.06. The molecule has 76 valence electrons. The second-order valence-corrected chi connectivity index (χ2v) is 5.28. The van der Waals surface area contributed by atoms with Crippen LogP contribution in [0.25, 0.3) is 0 Å². The predicted octanol–water partition coefficient (Wildman–Crippen LogP) is 1.34. The Morgan fingerprint density at radius 1 is 0.923 bits per heavy atom. The number of rotatable bonds is 2. The summed E-state index contributed by atoms with van der Waals surface area (Å²) in [5, 5.41) is 0. The van der Waals surface area contributed by atoms with Gasteiger partial charge in [0, 0.05) is 12.1 Å². The average Bonchev–Trinajstić information content (AvgIpc) is 2.60. The summed E-state index contributed by atoms with van der Waals surface area (Å²) in [6, 6.07) is 0.744. The quantitative estimate of drug-likeness (QED) is 0.677. The van der Waals surface area contributed by atoms with Crippen LogP contribution in [0.15, 0.2) is 0 Å². The van der Waals surface area contributed by atoms with Crippen molar-refractivity contribution in [3.05, 3.63) is 0 Å². The molecule has 4 atom stereocenters. The second kappa shape index (κ2) is 3.25. The van der Waals surface area contributed by atoms with Gasteiger partial charge in [-0.25, -0.2) is 0 Å². The molecule has 2 saturated carbocycles. The van der Waals surface area contributed by atoms with Gasteiger partial charge in [0.05, 0.1) is 0 Å². The van der Waals surface area contributed by atoms with Crippen LogP contribution >= 0.6 is 0 Å². The van der Waals surface area contributed by atoms with Gasteiger partial charge in [0.15, 0.2) is 0 Å². The van der Waals surface area contributed by atoms with E-state index >= 15 is 0 Å². The van der Waals surface area contributed by atoms with Crippen molar-refractivity contribution in [1.82, 2.24) is 0 Å². The third-order valence-electron chi connectivity index (χ3n) is 4.27. The highest BCUT2D eigenvalue weighted by Crippen LogP contribution is 2.53. The van der Waals surface area contributed by atoms with Crippen molar-refractivity contribution in [3.8, 4) is 0 Å². The van der Waals surface area contributed by atoms with Crippen molar-refractivity contribution in [2.24, 2.45) is 35.1 Å². The molecular weight excluding hydrogens is 160 g/mol. The summed E-state index contributed by atoms with van der Waals surface area (Å²) in [6.07, 6.45) is 4.13. The highest BCUT2D eigenvalue weighted by Gasteiger charge is 2.47. The van der Waals surface area contributed by atoms with Crippen LogP contribution in [0.4, 0.5) is 0 Å². The molecule has 0 amide bonds. The fourth-order valence-corrected chi connectivity index (χ4v) is 3.67. The monoisotopic (exact) mass is 182 g/mol. The Labute approximate surface area is 81.1 Å². The van der Waals surface area contributed by atoms with E-state index in [0.717, 1.165) is 23.7 Å². The molecule has 2 aliphatic carbocycles. The lowest BCUT2D eigenvalue weighted by molar-refractivity contribution is 0.192. The Morgan fingerprint density at radius 2 is 1.38 bits per heavy atom. The van der Waals surface area contributed by atoms with Gasteiger partial charge in [0.2, 0.25) is 0 Å². The highest BCUT2D eigenvalue weighted by molar-refractivity contribution is 4.99.